The molecule has 0 radical (unpaired) electrons. The van der Waals surface area contributed by atoms with Crippen LogP contribution in [0.15, 0.2) is 138 Å². The van der Waals surface area contributed by atoms with Crippen LogP contribution in [0.1, 0.15) is 0 Å². The van der Waals surface area contributed by atoms with E-state index < -0.39 is 0 Å². The van der Waals surface area contributed by atoms with E-state index in [0.717, 1.165) is 66.3 Å². The van der Waals surface area contributed by atoms with Crippen molar-refractivity contribution in [3.05, 3.63) is 134 Å². The van der Waals surface area contributed by atoms with Gasteiger partial charge in [-0.3, -0.25) is 4.57 Å². The lowest BCUT2D eigenvalue weighted by Gasteiger charge is -2.10. The zero-order chi connectivity index (χ0) is 29.0. The maximum Gasteiger partial charge on any atom is 0.168 e. The molecule has 44 heavy (non-hydrogen) atoms. The van der Waals surface area contributed by atoms with Crippen LogP contribution < -0.4 is 0 Å². The summed E-state index contributed by atoms with van der Waals surface area (Å²) < 4.78 is 8.42. The van der Waals surface area contributed by atoms with Crippen LogP contribution in [0.4, 0.5) is 0 Å². The first-order valence-electron chi connectivity index (χ1n) is 14.4. The minimum atomic E-state index is 0.606. The first kappa shape index (κ1) is 24.4. The van der Waals surface area contributed by atoms with Crippen LogP contribution in [0.2, 0.25) is 0 Å². The van der Waals surface area contributed by atoms with Gasteiger partial charge in [0.2, 0.25) is 0 Å². The standard InChI is InChI=1S/C37H22N6O/c1-3-9-23(10-4-1)34-39-35(24-11-5-2-6-12-24)41-36(40-34)25-15-17-26(18-16-25)43-33-27(28-21-22-38-42-37(28)43)19-20-31-32(33)29-13-7-8-14-30(29)44-31/h1-22H. The smallest absolute Gasteiger partial charge is 0.168 e. The van der Waals surface area contributed by atoms with Gasteiger partial charge in [0.05, 0.1) is 17.1 Å². The second-order valence-electron chi connectivity index (χ2n) is 10.6. The van der Waals surface area contributed by atoms with Crippen molar-refractivity contribution in [2.24, 2.45) is 0 Å². The van der Waals surface area contributed by atoms with Gasteiger partial charge in [-0.25, -0.2) is 15.0 Å². The monoisotopic (exact) mass is 566 g/mol. The maximum atomic E-state index is 6.25. The summed E-state index contributed by atoms with van der Waals surface area (Å²) in [7, 11) is 0. The van der Waals surface area contributed by atoms with Gasteiger partial charge < -0.3 is 4.42 Å². The van der Waals surface area contributed by atoms with Crippen LogP contribution in [-0.2, 0) is 0 Å². The van der Waals surface area contributed by atoms with E-state index in [1.54, 1.807) is 6.20 Å². The molecule has 0 aliphatic rings. The van der Waals surface area contributed by atoms with E-state index in [1.165, 1.54) is 0 Å². The van der Waals surface area contributed by atoms with Gasteiger partial charge in [-0.05, 0) is 48.5 Å². The second kappa shape index (κ2) is 9.68. The third kappa shape index (κ3) is 3.80. The molecule has 0 N–H and O–H groups in total. The fourth-order valence-electron chi connectivity index (χ4n) is 6.00. The number of para-hydroxylation sites is 1. The number of nitrogens with zero attached hydrogens (tertiary/aromatic N) is 6. The number of furan rings is 1. The molecule has 206 valence electrons. The summed E-state index contributed by atoms with van der Waals surface area (Å²) in [5.41, 5.74) is 7.21. The Hall–Kier alpha value is -6.21. The van der Waals surface area contributed by atoms with E-state index in [4.69, 9.17) is 19.4 Å². The molecule has 4 heterocycles. The minimum absolute atomic E-state index is 0.606. The average Bonchev–Trinajstić information content (AvgIpc) is 3.65. The van der Waals surface area contributed by atoms with Crippen molar-refractivity contribution in [3.63, 3.8) is 0 Å². The zero-order valence-corrected chi connectivity index (χ0v) is 23.3. The average molecular weight is 567 g/mol. The Labute approximate surface area is 251 Å². The lowest BCUT2D eigenvalue weighted by Crippen LogP contribution is -2.01. The van der Waals surface area contributed by atoms with Crippen LogP contribution in [0.25, 0.3) is 83.7 Å². The Morgan fingerprint density at radius 2 is 1.09 bits per heavy atom. The van der Waals surface area contributed by atoms with Gasteiger partial charge in [-0.15, -0.1) is 5.10 Å². The number of benzene rings is 5. The van der Waals surface area contributed by atoms with Crippen molar-refractivity contribution in [2.45, 2.75) is 0 Å². The largest absolute Gasteiger partial charge is 0.456 e. The van der Waals surface area contributed by atoms with E-state index in [2.05, 4.69) is 51.2 Å². The number of rotatable bonds is 4. The molecule has 9 rings (SSSR count). The number of aromatic nitrogens is 6. The molecular weight excluding hydrogens is 544 g/mol. The summed E-state index contributed by atoms with van der Waals surface area (Å²) in [4.78, 5) is 14.6. The second-order valence-corrected chi connectivity index (χ2v) is 10.6. The van der Waals surface area contributed by atoms with E-state index in [9.17, 15) is 0 Å². The molecule has 0 aliphatic carbocycles. The van der Waals surface area contributed by atoms with Crippen LogP contribution >= 0.6 is 0 Å². The van der Waals surface area contributed by atoms with Gasteiger partial charge >= 0.3 is 0 Å². The maximum absolute atomic E-state index is 6.25. The van der Waals surface area contributed by atoms with Gasteiger partial charge in [-0.2, -0.15) is 5.10 Å². The first-order chi connectivity index (χ1) is 21.8. The van der Waals surface area contributed by atoms with Crippen molar-refractivity contribution in [2.75, 3.05) is 0 Å². The van der Waals surface area contributed by atoms with Crippen LogP contribution in [0.3, 0.4) is 0 Å². The summed E-state index contributed by atoms with van der Waals surface area (Å²) in [6.45, 7) is 0. The predicted molar refractivity (Wildman–Crippen MR) is 173 cm³/mol. The first-order valence-corrected chi connectivity index (χ1v) is 14.4. The molecule has 5 aromatic carbocycles. The van der Waals surface area contributed by atoms with E-state index in [-0.39, 0.29) is 0 Å². The Kier molecular flexibility index (Phi) is 5.36. The fourth-order valence-corrected chi connectivity index (χ4v) is 6.00. The molecule has 0 spiro atoms. The third-order valence-corrected chi connectivity index (χ3v) is 8.03. The molecule has 0 amide bonds. The molecule has 0 unspecified atom stereocenters. The highest BCUT2D eigenvalue weighted by Crippen LogP contribution is 2.40. The Morgan fingerprint density at radius 3 is 1.77 bits per heavy atom. The lowest BCUT2D eigenvalue weighted by molar-refractivity contribution is 0.669. The summed E-state index contributed by atoms with van der Waals surface area (Å²) in [6, 6.07) is 42.6. The van der Waals surface area contributed by atoms with Gasteiger partial charge in [-0.1, -0.05) is 78.9 Å². The summed E-state index contributed by atoms with van der Waals surface area (Å²) in [6.07, 6.45) is 1.74. The van der Waals surface area contributed by atoms with Crippen molar-refractivity contribution in [1.29, 1.82) is 0 Å². The molecule has 4 aromatic heterocycles. The van der Waals surface area contributed by atoms with Gasteiger partial charge in [0.25, 0.3) is 0 Å². The Morgan fingerprint density at radius 1 is 0.477 bits per heavy atom. The molecule has 7 nitrogen and oxygen atoms in total. The molecule has 9 aromatic rings. The normalized spacial score (nSPS) is 11.6. The van der Waals surface area contributed by atoms with Crippen molar-refractivity contribution >= 4 is 43.9 Å². The molecule has 0 aliphatic heterocycles. The third-order valence-electron chi connectivity index (χ3n) is 8.03. The fraction of sp³-hybridized carbons (Fsp3) is 0. The number of fused-ring (bicyclic) bond motifs is 7. The van der Waals surface area contributed by atoms with Crippen LogP contribution in [-0.4, -0.2) is 29.7 Å². The van der Waals surface area contributed by atoms with Gasteiger partial charge in [0.15, 0.2) is 23.1 Å². The minimum Gasteiger partial charge on any atom is -0.456 e. The predicted octanol–water partition coefficient (Wildman–Crippen LogP) is 8.66. The number of hydrogen-bond donors (Lipinski definition) is 0. The summed E-state index contributed by atoms with van der Waals surface area (Å²) >= 11 is 0. The Bertz CT molecular complexity index is 2430. The summed E-state index contributed by atoms with van der Waals surface area (Å²) in [5.74, 6) is 1.87. The highest BCUT2D eigenvalue weighted by atomic mass is 16.3. The van der Waals surface area contributed by atoms with Crippen LogP contribution in [0.5, 0.6) is 0 Å². The summed E-state index contributed by atoms with van der Waals surface area (Å²) in [5, 5.41) is 13.1. The quantitative estimate of drug-likeness (QED) is 0.212. The molecule has 0 atom stereocenters. The van der Waals surface area contributed by atoms with Gasteiger partial charge in [0, 0.05) is 38.5 Å². The lowest BCUT2D eigenvalue weighted by atomic mass is 10.1. The van der Waals surface area contributed by atoms with E-state index in [0.29, 0.717) is 17.5 Å². The molecule has 0 fully saturated rings. The van der Waals surface area contributed by atoms with Crippen LogP contribution in [0, 0.1) is 0 Å². The number of hydrogen-bond acceptors (Lipinski definition) is 6. The topological polar surface area (TPSA) is 82.5 Å². The SMILES string of the molecule is c1ccc(-c2nc(-c3ccccc3)nc(-c3ccc(-n4c5nnccc5c5ccc6oc7ccccc7c6c54)cc3)n2)cc1. The molecule has 0 bridgehead atoms. The van der Waals surface area contributed by atoms with Gasteiger partial charge in [0.1, 0.15) is 11.2 Å². The molecule has 0 saturated carbocycles. The molecule has 0 saturated heterocycles. The molecule has 7 heteroatoms. The zero-order valence-electron chi connectivity index (χ0n) is 23.3. The van der Waals surface area contributed by atoms with E-state index >= 15 is 0 Å². The highest BCUT2D eigenvalue weighted by molar-refractivity contribution is 6.24. The Balaban J connectivity index is 1.25. The van der Waals surface area contributed by atoms with Crippen molar-refractivity contribution in [3.8, 4) is 39.9 Å². The van der Waals surface area contributed by atoms with Crippen molar-refractivity contribution in [1.82, 2.24) is 29.7 Å². The highest BCUT2D eigenvalue weighted by Gasteiger charge is 2.20. The molecular formula is C37H22N6O. The van der Waals surface area contributed by atoms with E-state index in [1.807, 2.05) is 91.0 Å². The van der Waals surface area contributed by atoms with Crippen molar-refractivity contribution < 1.29 is 4.42 Å².